The summed E-state index contributed by atoms with van der Waals surface area (Å²) in [7, 11) is 0. The number of aryl methyl sites for hydroxylation is 2. The standard InChI is InChI=1S/C19H22ClN3O3/c1-3-14-8-13(2)9-17(10-14)25-6-7-26-18-5-4-16(20)11-15(18)12-22-23-19(21)24/h4-5,8-12H,3,6-7H2,1-2H3,(H3,21,23,24)/b22-12+. The van der Waals surface area contributed by atoms with Gasteiger partial charge in [0.1, 0.15) is 24.7 Å². The summed E-state index contributed by atoms with van der Waals surface area (Å²) in [5.41, 5.74) is 10.1. The highest BCUT2D eigenvalue weighted by molar-refractivity contribution is 6.30. The lowest BCUT2D eigenvalue weighted by Gasteiger charge is -2.12. The topological polar surface area (TPSA) is 85.9 Å². The molecular formula is C19H22ClN3O3. The molecule has 0 unspecified atom stereocenters. The summed E-state index contributed by atoms with van der Waals surface area (Å²) in [6.07, 6.45) is 2.38. The molecule has 0 spiro atoms. The van der Waals surface area contributed by atoms with Crippen molar-refractivity contribution in [2.24, 2.45) is 10.8 Å². The first kappa shape index (κ1) is 19.6. The van der Waals surface area contributed by atoms with Crippen molar-refractivity contribution in [1.29, 1.82) is 0 Å². The second-order valence-electron chi connectivity index (χ2n) is 5.62. The second kappa shape index (κ2) is 9.68. The van der Waals surface area contributed by atoms with Gasteiger partial charge in [-0.2, -0.15) is 5.10 Å². The Bertz CT molecular complexity index is 794. The highest BCUT2D eigenvalue weighted by atomic mass is 35.5. The zero-order valence-corrected chi connectivity index (χ0v) is 15.5. The van der Waals surface area contributed by atoms with E-state index in [9.17, 15) is 4.79 Å². The van der Waals surface area contributed by atoms with Crippen molar-refractivity contribution >= 4 is 23.8 Å². The summed E-state index contributed by atoms with van der Waals surface area (Å²) in [5, 5.41) is 4.26. The fourth-order valence-corrected chi connectivity index (χ4v) is 2.52. The van der Waals surface area contributed by atoms with Crippen LogP contribution in [0.5, 0.6) is 11.5 Å². The number of hydrazone groups is 1. The third-order valence-corrected chi connectivity index (χ3v) is 3.71. The normalized spacial score (nSPS) is 10.7. The number of ether oxygens (including phenoxy) is 2. The Kier molecular flexibility index (Phi) is 7.29. The lowest BCUT2D eigenvalue weighted by molar-refractivity contribution is 0.217. The van der Waals surface area contributed by atoms with Gasteiger partial charge in [-0.3, -0.25) is 0 Å². The second-order valence-corrected chi connectivity index (χ2v) is 6.06. The molecular weight excluding hydrogens is 354 g/mol. The Labute approximate surface area is 157 Å². The number of nitrogens with zero attached hydrogens (tertiary/aromatic N) is 1. The van der Waals surface area contributed by atoms with E-state index < -0.39 is 6.03 Å². The minimum atomic E-state index is -0.747. The maximum Gasteiger partial charge on any atom is 0.332 e. The predicted octanol–water partition coefficient (Wildman–Crippen LogP) is 3.67. The number of urea groups is 1. The van der Waals surface area contributed by atoms with Crippen LogP contribution in [0.25, 0.3) is 0 Å². The molecule has 138 valence electrons. The molecule has 26 heavy (non-hydrogen) atoms. The van der Waals surface area contributed by atoms with Crippen LogP contribution < -0.4 is 20.6 Å². The molecule has 0 aliphatic carbocycles. The van der Waals surface area contributed by atoms with E-state index in [1.165, 1.54) is 17.3 Å². The number of benzene rings is 2. The number of carbonyl (C=O) groups excluding carboxylic acids is 1. The minimum absolute atomic E-state index is 0.348. The van der Waals surface area contributed by atoms with Gasteiger partial charge in [-0.15, -0.1) is 0 Å². The van der Waals surface area contributed by atoms with E-state index in [0.717, 1.165) is 12.2 Å². The summed E-state index contributed by atoms with van der Waals surface area (Å²) >= 11 is 5.99. The molecule has 0 bridgehead atoms. The molecule has 3 N–H and O–H groups in total. The van der Waals surface area contributed by atoms with Gasteiger partial charge in [-0.1, -0.05) is 24.6 Å². The molecule has 0 aliphatic heterocycles. The first-order valence-electron chi connectivity index (χ1n) is 8.22. The Morgan fingerprint density at radius 1 is 1.23 bits per heavy atom. The molecule has 0 saturated heterocycles. The first-order chi connectivity index (χ1) is 12.5. The van der Waals surface area contributed by atoms with Crippen LogP contribution in [-0.4, -0.2) is 25.5 Å². The molecule has 0 radical (unpaired) electrons. The molecule has 6 nitrogen and oxygen atoms in total. The van der Waals surface area contributed by atoms with Crippen LogP contribution in [0.2, 0.25) is 5.02 Å². The van der Waals surface area contributed by atoms with Gasteiger partial charge < -0.3 is 15.2 Å². The number of hydrogen-bond acceptors (Lipinski definition) is 4. The predicted molar refractivity (Wildman–Crippen MR) is 103 cm³/mol. The van der Waals surface area contributed by atoms with Crippen molar-refractivity contribution in [1.82, 2.24) is 5.43 Å². The summed E-state index contributed by atoms with van der Waals surface area (Å²) in [6.45, 7) is 4.90. The van der Waals surface area contributed by atoms with Gasteiger partial charge in [0.05, 0.1) is 6.21 Å². The molecule has 0 aliphatic rings. The van der Waals surface area contributed by atoms with E-state index in [4.69, 9.17) is 26.8 Å². The van der Waals surface area contributed by atoms with Crippen molar-refractivity contribution < 1.29 is 14.3 Å². The van der Waals surface area contributed by atoms with E-state index in [-0.39, 0.29) is 0 Å². The van der Waals surface area contributed by atoms with Crippen molar-refractivity contribution in [3.05, 3.63) is 58.1 Å². The van der Waals surface area contributed by atoms with Crippen LogP contribution in [0.3, 0.4) is 0 Å². The van der Waals surface area contributed by atoms with Gasteiger partial charge in [-0.05, 0) is 54.8 Å². The highest BCUT2D eigenvalue weighted by Crippen LogP contribution is 2.22. The zero-order chi connectivity index (χ0) is 18.9. The first-order valence-corrected chi connectivity index (χ1v) is 8.60. The third kappa shape index (κ3) is 6.29. The van der Waals surface area contributed by atoms with Crippen LogP contribution in [-0.2, 0) is 6.42 Å². The number of nitrogens with two attached hydrogens (primary N) is 1. The molecule has 7 heteroatoms. The van der Waals surface area contributed by atoms with Gasteiger partial charge in [0, 0.05) is 10.6 Å². The Morgan fingerprint density at radius 2 is 2.00 bits per heavy atom. The van der Waals surface area contributed by atoms with Gasteiger partial charge in [-0.25, -0.2) is 10.2 Å². The zero-order valence-electron chi connectivity index (χ0n) is 14.8. The van der Waals surface area contributed by atoms with Crippen molar-refractivity contribution in [3.8, 4) is 11.5 Å². The largest absolute Gasteiger partial charge is 0.490 e. The van der Waals surface area contributed by atoms with E-state index >= 15 is 0 Å². The van der Waals surface area contributed by atoms with Gasteiger partial charge in [0.2, 0.25) is 0 Å². The summed E-state index contributed by atoms with van der Waals surface area (Å²) in [6, 6.07) is 10.5. The van der Waals surface area contributed by atoms with Crippen molar-refractivity contribution in [2.45, 2.75) is 20.3 Å². The summed E-state index contributed by atoms with van der Waals surface area (Å²) in [4.78, 5) is 10.7. The number of carbonyl (C=O) groups is 1. The van der Waals surface area contributed by atoms with E-state index in [1.807, 2.05) is 19.1 Å². The van der Waals surface area contributed by atoms with Crippen LogP contribution in [0.4, 0.5) is 4.79 Å². The van der Waals surface area contributed by atoms with Crippen LogP contribution >= 0.6 is 11.6 Å². The fourth-order valence-electron chi connectivity index (χ4n) is 2.34. The number of hydrogen-bond donors (Lipinski definition) is 2. The van der Waals surface area contributed by atoms with Crippen LogP contribution in [0.1, 0.15) is 23.6 Å². The summed E-state index contributed by atoms with van der Waals surface area (Å²) < 4.78 is 11.5. The Morgan fingerprint density at radius 3 is 2.73 bits per heavy atom. The van der Waals surface area contributed by atoms with Crippen molar-refractivity contribution in [3.63, 3.8) is 0 Å². The molecule has 0 heterocycles. The quantitative estimate of drug-likeness (QED) is 0.419. The highest BCUT2D eigenvalue weighted by Gasteiger charge is 2.04. The Balaban J connectivity index is 1.94. The van der Waals surface area contributed by atoms with Crippen molar-refractivity contribution in [2.75, 3.05) is 13.2 Å². The van der Waals surface area contributed by atoms with Crippen LogP contribution in [0, 0.1) is 6.92 Å². The number of primary amides is 1. The Hall–Kier alpha value is -2.73. The smallest absolute Gasteiger partial charge is 0.332 e. The lowest BCUT2D eigenvalue weighted by Crippen LogP contribution is -2.24. The van der Waals surface area contributed by atoms with E-state index in [1.54, 1.807) is 18.2 Å². The number of rotatable bonds is 8. The fraction of sp³-hybridized carbons (Fsp3) is 0.263. The molecule has 2 amide bonds. The molecule has 2 rings (SSSR count). The number of amides is 2. The summed E-state index contributed by atoms with van der Waals surface area (Å²) in [5.74, 6) is 1.40. The average Bonchev–Trinajstić information content (AvgIpc) is 2.59. The number of nitrogens with one attached hydrogen (secondary N) is 1. The van der Waals surface area contributed by atoms with E-state index in [2.05, 4.69) is 23.5 Å². The molecule has 0 atom stereocenters. The molecule has 2 aromatic rings. The average molecular weight is 376 g/mol. The van der Waals surface area contributed by atoms with Gasteiger partial charge >= 0.3 is 6.03 Å². The maximum absolute atomic E-state index is 10.7. The molecule has 2 aromatic carbocycles. The third-order valence-electron chi connectivity index (χ3n) is 3.48. The van der Waals surface area contributed by atoms with E-state index in [0.29, 0.717) is 29.5 Å². The maximum atomic E-state index is 10.7. The monoisotopic (exact) mass is 375 g/mol. The van der Waals surface area contributed by atoms with Crippen LogP contribution in [0.15, 0.2) is 41.5 Å². The van der Waals surface area contributed by atoms with Gasteiger partial charge in [0.15, 0.2) is 0 Å². The lowest BCUT2D eigenvalue weighted by atomic mass is 10.1. The molecule has 0 aromatic heterocycles. The molecule has 0 fully saturated rings. The molecule has 0 saturated carbocycles. The number of halogens is 1. The minimum Gasteiger partial charge on any atom is -0.490 e. The SMILES string of the molecule is CCc1cc(C)cc(OCCOc2ccc(Cl)cc2/C=N/NC(N)=O)c1. The van der Waals surface area contributed by atoms with Gasteiger partial charge in [0.25, 0.3) is 0 Å².